The maximum absolute atomic E-state index is 13.5. The Bertz CT molecular complexity index is 1120. The van der Waals surface area contributed by atoms with E-state index in [0.717, 1.165) is 22.5 Å². The molecule has 0 bridgehead atoms. The standard InChI is InChI=1S/C25H26ClNO5/c1-14-8-9-15(26)10-19(14)27-18-6-5-7-20(28)25(18)17(12-24(27)29)16-11-22(31-3)23(32-4)13-21(16)30-2/h8-11,13,17H,5-7,12H2,1-4H3/t17-/m1/s1. The van der Waals surface area contributed by atoms with Crippen molar-refractivity contribution in [3.8, 4) is 17.2 Å². The number of aryl methyl sites for hydroxylation is 1. The van der Waals surface area contributed by atoms with E-state index in [1.165, 1.54) is 0 Å². The van der Waals surface area contributed by atoms with E-state index in [4.69, 9.17) is 25.8 Å². The molecule has 1 atom stereocenters. The molecule has 6 nitrogen and oxygen atoms in total. The van der Waals surface area contributed by atoms with E-state index in [9.17, 15) is 9.59 Å². The van der Waals surface area contributed by atoms with Crippen molar-refractivity contribution in [2.75, 3.05) is 26.2 Å². The fourth-order valence-corrected chi connectivity index (χ4v) is 4.85. The highest BCUT2D eigenvalue weighted by atomic mass is 35.5. The molecule has 0 radical (unpaired) electrons. The van der Waals surface area contributed by atoms with Crippen LogP contribution in [-0.4, -0.2) is 33.0 Å². The van der Waals surface area contributed by atoms with Gasteiger partial charge < -0.3 is 14.2 Å². The Morgan fingerprint density at radius 3 is 2.31 bits per heavy atom. The van der Waals surface area contributed by atoms with E-state index >= 15 is 0 Å². The molecule has 168 valence electrons. The van der Waals surface area contributed by atoms with Crippen LogP contribution in [0, 0.1) is 6.92 Å². The number of anilines is 1. The number of halogens is 1. The lowest BCUT2D eigenvalue weighted by molar-refractivity contribution is -0.119. The molecular weight excluding hydrogens is 430 g/mol. The summed E-state index contributed by atoms with van der Waals surface area (Å²) in [4.78, 5) is 28.4. The van der Waals surface area contributed by atoms with Gasteiger partial charge in [0.2, 0.25) is 5.91 Å². The topological polar surface area (TPSA) is 65.1 Å². The molecule has 2 aliphatic rings. The highest BCUT2D eigenvalue weighted by Crippen LogP contribution is 2.48. The number of nitrogens with zero attached hydrogens (tertiary/aromatic N) is 1. The van der Waals surface area contributed by atoms with Gasteiger partial charge in [0.15, 0.2) is 17.3 Å². The summed E-state index contributed by atoms with van der Waals surface area (Å²) in [5, 5.41) is 0.548. The van der Waals surface area contributed by atoms with Crippen LogP contribution < -0.4 is 19.1 Å². The Hall–Kier alpha value is -2.99. The molecule has 1 heterocycles. The molecule has 2 aromatic carbocycles. The predicted octanol–water partition coefficient (Wildman–Crippen LogP) is 5.20. The summed E-state index contributed by atoms with van der Waals surface area (Å²) in [6.45, 7) is 1.94. The van der Waals surface area contributed by atoms with Crippen LogP contribution in [0.4, 0.5) is 5.69 Å². The summed E-state index contributed by atoms with van der Waals surface area (Å²) < 4.78 is 16.5. The largest absolute Gasteiger partial charge is 0.496 e. The van der Waals surface area contributed by atoms with E-state index in [0.29, 0.717) is 47.1 Å². The zero-order chi connectivity index (χ0) is 23.0. The fourth-order valence-electron chi connectivity index (χ4n) is 4.69. The van der Waals surface area contributed by atoms with Crippen LogP contribution in [0.15, 0.2) is 41.6 Å². The second-order valence-corrected chi connectivity index (χ2v) is 8.44. The Labute approximate surface area is 192 Å². The van der Waals surface area contributed by atoms with Crippen LogP contribution in [0.2, 0.25) is 5.02 Å². The van der Waals surface area contributed by atoms with Gasteiger partial charge in [-0.2, -0.15) is 0 Å². The van der Waals surface area contributed by atoms with Gasteiger partial charge in [0.05, 0.1) is 27.0 Å². The third-order valence-electron chi connectivity index (χ3n) is 6.20. The summed E-state index contributed by atoms with van der Waals surface area (Å²) in [6.07, 6.45) is 1.95. The van der Waals surface area contributed by atoms with E-state index in [2.05, 4.69) is 0 Å². The summed E-state index contributed by atoms with van der Waals surface area (Å²) in [5.74, 6) is 1.16. The fraction of sp³-hybridized carbons (Fsp3) is 0.360. The summed E-state index contributed by atoms with van der Waals surface area (Å²) in [6, 6.07) is 9.02. The zero-order valence-corrected chi connectivity index (χ0v) is 19.4. The smallest absolute Gasteiger partial charge is 0.232 e. The number of allylic oxidation sites excluding steroid dienone is 2. The molecule has 0 saturated heterocycles. The second-order valence-electron chi connectivity index (χ2n) is 8.00. The molecular formula is C25H26ClNO5. The third kappa shape index (κ3) is 3.73. The summed E-state index contributed by atoms with van der Waals surface area (Å²) >= 11 is 6.25. The Morgan fingerprint density at radius 2 is 1.62 bits per heavy atom. The molecule has 0 spiro atoms. The maximum atomic E-state index is 13.5. The van der Waals surface area contributed by atoms with Gasteiger partial charge in [-0.15, -0.1) is 0 Å². The Balaban J connectivity index is 1.92. The number of hydrogen-bond donors (Lipinski definition) is 0. The quantitative estimate of drug-likeness (QED) is 0.619. The number of benzene rings is 2. The van der Waals surface area contributed by atoms with Gasteiger partial charge in [-0.1, -0.05) is 17.7 Å². The van der Waals surface area contributed by atoms with Gasteiger partial charge in [0.25, 0.3) is 0 Å². The molecule has 4 rings (SSSR count). The predicted molar refractivity (Wildman–Crippen MR) is 123 cm³/mol. The first kappa shape index (κ1) is 22.2. The van der Waals surface area contributed by atoms with Crippen LogP contribution >= 0.6 is 11.6 Å². The van der Waals surface area contributed by atoms with Crippen LogP contribution in [0.5, 0.6) is 17.2 Å². The molecule has 1 amide bonds. The summed E-state index contributed by atoms with van der Waals surface area (Å²) in [7, 11) is 4.67. The number of methoxy groups -OCH3 is 3. The van der Waals surface area contributed by atoms with Crippen LogP contribution in [0.3, 0.4) is 0 Å². The number of ether oxygens (including phenoxy) is 3. The van der Waals surface area contributed by atoms with Crippen molar-refractivity contribution in [1.29, 1.82) is 0 Å². The van der Waals surface area contributed by atoms with Crippen LogP contribution in [0.1, 0.15) is 42.7 Å². The van der Waals surface area contributed by atoms with Crippen LogP contribution in [0.25, 0.3) is 0 Å². The second kappa shape index (κ2) is 8.87. The number of rotatable bonds is 5. The Morgan fingerprint density at radius 1 is 0.938 bits per heavy atom. The molecule has 0 fully saturated rings. The van der Waals surface area contributed by atoms with Crippen molar-refractivity contribution in [3.63, 3.8) is 0 Å². The lowest BCUT2D eigenvalue weighted by Gasteiger charge is -2.39. The average Bonchev–Trinajstić information content (AvgIpc) is 2.79. The van der Waals surface area contributed by atoms with Crippen molar-refractivity contribution in [1.82, 2.24) is 0 Å². The molecule has 1 aliphatic heterocycles. The van der Waals surface area contributed by atoms with Crippen molar-refractivity contribution < 1.29 is 23.8 Å². The minimum absolute atomic E-state index is 0.0604. The first-order valence-electron chi connectivity index (χ1n) is 10.5. The first-order valence-corrected chi connectivity index (χ1v) is 10.9. The van der Waals surface area contributed by atoms with Gasteiger partial charge >= 0.3 is 0 Å². The van der Waals surface area contributed by atoms with E-state index in [1.54, 1.807) is 44.4 Å². The molecule has 0 N–H and O–H groups in total. The minimum atomic E-state index is -0.421. The van der Waals surface area contributed by atoms with E-state index < -0.39 is 5.92 Å². The van der Waals surface area contributed by atoms with Crippen molar-refractivity contribution in [3.05, 3.63) is 57.8 Å². The van der Waals surface area contributed by atoms with Gasteiger partial charge in [-0.3, -0.25) is 14.5 Å². The number of carbonyl (C=O) groups excluding carboxylic acids is 2. The highest BCUT2D eigenvalue weighted by Gasteiger charge is 2.41. The Kier molecular flexibility index (Phi) is 6.15. The monoisotopic (exact) mass is 455 g/mol. The first-order chi connectivity index (χ1) is 15.4. The number of amides is 1. The number of Topliss-reactive ketones (excluding diaryl/α,β-unsaturated/α-hetero) is 1. The van der Waals surface area contributed by atoms with Gasteiger partial charge in [0, 0.05) is 46.7 Å². The van der Waals surface area contributed by atoms with Crippen molar-refractivity contribution in [2.45, 2.75) is 38.5 Å². The average molecular weight is 456 g/mol. The molecule has 0 saturated carbocycles. The molecule has 0 unspecified atom stereocenters. The lowest BCUT2D eigenvalue weighted by Crippen LogP contribution is -2.41. The van der Waals surface area contributed by atoms with E-state index in [-0.39, 0.29) is 18.1 Å². The normalized spacial score (nSPS) is 18.5. The van der Waals surface area contributed by atoms with Crippen molar-refractivity contribution in [2.24, 2.45) is 0 Å². The minimum Gasteiger partial charge on any atom is -0.496 e. The zero-order valence-electron chi connectivity index (χ0n) is 18.7. The van der Waals surface area contributed by atoms with Gasteiger partial charge in [-0.05, 0) is 43.5 Å². The number of hydrogen-bond acceptors (Lipinski definition) is 5. The van der Waals surface area contributed by atoms with Crippen molar-refractivity contribution >= 4 is 29.0 Å². The highest BCUT2D eigenvalue weighted by molar-refractivity contribution is 6.31. The van der Waals surface area contributed by atoms with Crippen LogP contribution in [-0.2, 0) is 9.59 Å². The molecule has 2 aromatic rings. The third-order valence-corrected chi connectivity index (χ3v) is 6.43. The molecule has 32 heavy (non-hydrogen) atoms. The maximum Gasteiger partial charge on any atom is 0.232 e. The molecule has 7 heteroatoms. The molecule has 1 aliphatic carbocycles. The number of carbonyl (C=O) groups is 2. The van der Waals surface area contributed by atoms with Gasteiger partial charge in [0.1, 0.15) is 5.75 Å². The lowest BCUT2D eigenvalue weighted by atomic mass is 9.76. The SMILES string of the molecule is COc1cc(OC)c([C@H]2CC(=O)N(c3cc(Cl)ccc3C)C3=C2C(=O)CCC3)cc1OC. The summed E-state index contributed by atoms with van der Waals surface area (Å²) in [5.41, 5.74) is 3.81. The number of ketones is 1. The van der Waals surface area contributed by atoms with E-state index in [1.807, 2.05) is 19.1 Å². The molecule has 0 aromatic heterocycles. The van der Waals surface area contributed by atoms with Gasteiger partial charge in [-0.25, -0.2) is 0 Å².